The molecule has 88 valence electrons. The van der Waals surface area contributed by atoms with E-state index in [1.807, 2.05) is 13.0 Å². The summed E-state index contributed by atoms with van der Waals surface area (Å²) in [7, 11) is -3.32. The molecule has 3 N–H and O–H groups in total. The van der Waals surface area contributed by atoms with Gasteiger partial charge in [0.1, 0.15) is 0 Å². The van der Waals surface area contributed by atoms with E-state index < -0.39 is 15.1 Å². The molecule has 1 aromatic carbocycles. The maximum absolute atomic E-state index is 12.3. The zero-order valence-electron chi connectivity index (χ0n) is 8.77. The van der Waals surface area contributed by atoms with Crippen molar-refractivity contribution in [3.05, 3.63) is 22.7 Å². The maximum atomic E-state index is 12.3. The molecule has 1 aliphatic heterocycles. The van der Waals surface area contributed by atoms with E-state index in [9.17, 15) is 8.42 Å². The van der Waals surface area contributed by atoms with Gasteiger partial charge in [-0.2, -0.15) is 0 Å². The first kappa shape index (κ1) is 11.9. The second-order valence-corrected chi connectivity index (χ2v) is 6.85. The van der Waals surface area contributed by atoms with Crippen molar-refractivity contribution in [2.24, 2.45) is 5.73 Å². The van der Waals surface area contributed by atoms with Gasteiger partial charge in [-0.15, -0.1) is 0 Å². The van der Waals surface area contributed by atoms with Crippen LogP contribution in [-0.4, -0.2) is 26.3 Å². The summed E-state index contributed by atoms with van der Waals surface area (Å²) >= 11 is 3.34. The van der Waals surface area contributed by atoms with Gasteiger partial charge in [-0.05, 0) is 35.0 Å². The third-order valence-electron chi connectivity index (χ3n) is 2.84. The number of benzene rings is 1. The molecule has 0 saturated carbocycles. The minimum absolute atomic E-state index is 0.127. The Morgan fingerprint density at radius 2 is 2.19 bits per heavy atom. The van der Waals surface area contributed by atoms with Crippen LogP contribution in [0.25, 0.3) is 0 Å². The van der Waals surface area contributed by atoms with Crippen LogP contribution in [0.15, 0.2) is 27.6 Å². The Balaban J connectivity index is 2.67. The molecule has 0 radical (unpaired) electrons. The Morgan fingerprint density at radius 3 is 2.81 bits per heavy atom. The first-order valence-corrected chi connectivity index (χ1v) is 7.31. The highest BCUT2D eigenvalue weighted by atomic mass is 79.9. The second kappa shape index (κ2) is 4.01. The number of rotatable bonds is 1. The quantitative estimate of drug-likeness (QED) is 0.822. The summed E-state index contributed by atoms with van der Waals surface area (Å²) < 4.78 is 25.3. The number of para-hydroxylation sites is 1. The molecule has 0 saturated heterocycles. The zero-order valence-corrected chi connectivity index (χ0v) is 11.2. The second-order valence-electron chi connectivity index (χ2n) is 3.87. The van der Waals surface area contributed by atoms with Crippen LogP contribution < -0.4 is 11.1 Å². The molecule has 0 spiro atoms. The van der Waals surface area contributed by atoms with Crippen LogP contribution >= 0.6 is 15.9 Å². The fourth-order valence-electron chi connectivity index (χ4n) is 1.96. The molecule has 1 aromatic rings. The highest BCUT2D eigenvalue weighted by molar-refractivity contribution is 9.10. The predicted octanol–water partition coefficient (Wildman–Crippen LogP) is 1.36. The summed E-state index contributed by atoms with van der Waals surface area (Å²) in [5, 5.41) is 2.62. The van der Waals surface area contributed by atoms with E-state index in [1.165, 1.54) is 0 Å². The highest BCUT2D eigenvalue weighted by Gasteiger charge is 2.38. The Labute approximate surface area is 103 Å². The maximum Gasteiger partial charge on any atom is 0.186 e. The number of sulfone groups is 1. The van der Waals surface area contributed by atoms with Gasteiger partial charge in [-0.1, -0.05) is 6.07 Å². The van der Waals surface area contributed by atoms with Gasteiger partial charge >= 0.3 is 0 Å². The van der Waals surface area contributed by atoms with Crippen molar-refractivity contribution in [2.45, 2.75) is 23.1 Å². The lowest BCUT2D eigenvalue weighted by atomic mass is 10.2. The van der Waals surface area contributed by atoms with Crippen molar-refractivity contribution >= 4 is 31.5 Å². The number of hydrogen-bond acceptors (Lipinski definition) is 4. The van der Waals surface area contributed by atoms with E-state index in [1.54, 1.807) is 12.1 Å². The van der Waals surface area contributed by atoms with Crippen molar-refractivity contribution in [1.29, 1.82) is 0 Å². The lowest BCUT2D eigenvalue weighted by Gasteiger charge is -2.31. The van der Waals surface area contributed by atoms with E-state index in [4.69, 9.17) is 5.73 Å². The van der Waals surface area contributed by atoms with Crippen LogP contribution in [0.4, 0.5) is 5.69 Å². The Bertz CT molecular complexity index is 516. The first-order valence-electron chi connectivity index (χ1n) is 4.97. The largest absolute Gasteiger partial charge is 0.379 e. The molecular formula is C10H13BrN2O2S. The van der Waals surface area contributed by atoms with E-state index in [0.717, 1.165) is 4.47 Å². The predicted molar refractivity (Wildman–Crippen MR) is 67.3 cm³/mol. The third-order valence-corrected chi connectivity index (χ3v) is 5.85. The van der Waals surface area contributed by atoms with Gasteiger partial charge in [0.25, 0.3) is 0 Å². The van der Waals surface area contributed by atoms with E-state index in [-0.39, 0.29) is 12.6 Å². The third kappa shape index (κ3) is 1.65. The molecule has 1 aliphatic rings. The summed E-state index contributed by atoms with van der Waals surface area (Å²) in [6.45, 7) is 1.96. The summed E-state index contributed by atoms with van der Waals surface area (Å²) in [5.74, 6) is 0. The van der Waals surface area contributed by atoms with Crippen molar-refractivity contribution in [3.63, 3.8) is 0 Å². The Hall–Kier alpha value is -0.590. The van der Waals surface area contributed by atoms with Gasteiger partial charge in [0.05, 0.1) is 15.8 Å². The smallest absolute Gasteiger partial charge is 0.186 e. The zero-order chi connectivity index (χ0) is 11.9. The monoisotopic (exact) mass is 304 g/mol. The van der Waals surface area contributed by atoms with Crippen LogP contribution in [-0.2, 0) is 9.84 Å². The van der Waals surface area contributed by atoms with Gasteiger partial charge in [-0.3, -0.25) is 0 Å². The average molecular weight is 305 g/mol. The molecule has 2 atom stereocenters. The van der Waals surface area contributed by atoms with Crippen LogP contribution in [0.3, 0.4) is 0 Å². The number of anilines is 1. The normalized spacial score (nSPS) is 26.9. The number of nitrogens with one attached hydrogen (secondary N) is 1. The van der Waals surface area contributed by atoms with E-state index in [2.05, 4.69) is 21.2 Å². The Morgan fingerprint density at radius 1 is 1.50 bits per heavy atom. The molecule has 2 unspecified atom stereocenters. The molecule has 0 aromatic heterocycles. The van der Waals surface area contributed by atoms with Crippen LogP contribution in [0.5, 0.6) is 0 Å². The number of halogens is 1. The van der Waals surface area contributed by atoms with Gasteiger partial charge in [0, 0.05) is 17.1 Å². The summed E-state index contributed by atoms with van der Waals surface area (Å²) in [4.78, 5) is 0.329. The molecule has 2 rings (SSSR count). The molecule has 0 bridgehead atoms. The van der Waals surface area contributed by atoms with Crippen molar-refractivity contribution in [3.8, 4) is 0 Å². The molecule has 6 heteroatoms. The number of fused-ring (bicyclic) bond motifs is 1. The number of nitrogens with two attached hydrogens (primary N) is 1. The minimum Gasteiger partial charge on any atom is -0.379 e. The van der Waals surface area contributed by atoms with Crippen molar-refractivity contribution < 1.29 is 8.42 Å². The summed E-state index contributed by atoms with van der Waals surface area (Å²) in [6.07, 6.45) is 0. The summed E-state index contributed by atoms with van der Waals surface area (Å²) in [5.41, 5.74) is 6.17. The fraction of sp³-hybridized carbons (Fsp3) is 0.400. The molecule has 0 aliphatic carbocycles. The summed E-state index contributed by atoms with van der Waals surface area (Å²) in [6, 6.07) is 4.96. The number of hydrogen-bond donors (Lipinski definition) is 2. The molecule has 1 heterocycles. The van der Waals surface area contributed by atoms with Gasteiger partial charge in [0.15, 0.2) is 9.84 Å². The van der Waals surface area contributed by atoms with Crippen LogP contribution in [0.1, 0.15) is 6.92 Å². The standard InChI is InChI=1S/C10H13BrN2O2S/c1-6-9(5-12)16(14,15)8-4-2-3-7(11)10(8)13-6/h2-4,6,9,13H,5,12H2,1H3. The van der Waals surface area contributed by atoms with Gasteiger partial charge in [0.2, 0.25) is 0 Å². The molecule has 16 heavy (non-hydrogen) atoms. The fourth-order valence-corrected chi connectivity index (χ4v) is 4.48. The molecular weight excluding hydrogens is 292 g/mol. The lowest BCUT2D eigenvalue weighted by Crippen LogP contribution is -2.46. The van der Waals surface area contributed by atoms with Crippen molar-refractivity contribution in [2.75, 3.05) is 11.9 Å². The van der Waals surface area contributed by atoms with Crippen LogP contribution in [0, 0.1) is 0 Å². The lowest BCUT2D eigenvalue weighted by molar-refractivity contribution is 0.560. The van der Waals surface area contributed by atoms with Crippen molar-refractivity contribution in [1.82, 2.24) is 0 Å². The molecule has 0 fully saturated rings. The minimum atomic E-state index is -3.32. The SMILES string of the molecule is CC1Nc2c(Br)cccc2S(=O)(=O)C1CN. The van der Waals surface area contributed by atoms with Crippen LogP contribution in [0.2, 0.25) is 0 Å². The highest BCUT2D eigenvalue weighted by Crippen LogP contribution is 2.37. The Kier molecular flexibility index (Phi) is 2.98. The van der Waals surface area contributed by atoms with E-state index >= 15 is 0 Å². The molecule has 4 nitrogen and oxygen atoms in total. The van der Waals surface area contributed by atoms with E-state index in [0.29, 0.717) is 10.6 Å². The molecule has 0 amide bonds. The average Bonchev–Trinajstić information content (AvgIpc) is 2.20. The van der Waals surface area contributed by atoms with Gasteiger partial charge < -0.3 is 11.1 Å². The first-order chi connectivity index (χ1) is 7.48. The van der Waals surface area contributed by atoms with Gasteiger partial charge in [-0.25, -0.2) is 8.42 Å². The topological polar surface area (TPSA) is 72.2 Å².